The number of benzene rings is 2. The lowest BCUT2D eigenvalue weighted by molar-refractivity contribution is 0.0849. The van der Waals surface area contributed by atoms with Crippen molar-refractivity contribution in [1.29, 1.82) is 0 Å². The molecule has 2 aromatic rings. The molecule has 0 saturated carbocycles. The van der Waals surface area contributed by atoms with Crippen molar-refractivity contribution in [2.45, 2.75) is 12.5 Å². The van der Waals surface area contributed by atoms with Crippen molar-refractivity contribution >= 4 is 21.7 Å². The van der Waals surface area contributed by atoms with Crippen molar-refractivity contribution < 1.29 is 19.0 Å². The number of carbonyl (C=O) groups is 1. The Hall–Kier alpha value is -2.01. The SMILES string of the molecule is O=C1C[C@H](c2ccc3c(c2)OCCO3)Oc2ccc(Br)cc21. The first kappa shape index (κ1) is 13.6. The van der Waals surface area contributed by atoms with Crippen molar-refractivity contribution in [3.05, 3.63) is 52.0 Å². The molecule has 0 radical (unpaired) electrons. The zero-order chi connectivity index (χ0) is 15.1. The number of halogens is 1. The van der Waals surface area contributed by atoms with Crippen LogP contribution < -0.4 is 14.2 Å². The molecule has 0 bridgehead atoms. The Labute approximate surface area is 136 Å². The van der Waals surface area contributed by atoms with Gasteiger partial charge in [0.15, 0.2) is 17.3 Å². The second-order valence-electron chi connectivity index (χ2n) is 5.28. The highest BCUT2D eigenvalue weighted by molar-refractivity contribution is 9.10. The topological polar surface area (TPSA) is 44.8 Å². The summed E-state index contributed by atoms with van der Waals surface area (Å²) in [5.74, 6) is 2.16. The van der Waals surface area contributed by atoms with Crippen molar-refractivity contribution in [1.82, 2.24) is 0 Å². The summed E-state index contributed by atoms with van der Waals surface area (Å²) in [6, 6.07) is 11.2. The van der Waals surface area contributed by atoms with Crippen molar-refractivity contribution in [2.24, 2.45) is 0 Å². The smallest absolute Gasteiger partial charge is 0.170 e. The lowest BCUT2D eigenvalue weighted by atomic mass is 9.96. The van der Waals surface area contributed by atoms with E-state index >= 15 is 0 Å². The maximum atomic E-state index is 12.4. The molecule has 22 heavy (non-hydrogen) atoms. The van der Waals surface area contributed by atoms with Gasteiger partial charge in [-0.3, -0.25) is 4.79 Å². The van der Waals surface area contributed by atoms with Crippen LogP contribution in [-0.4, -0.2) is 19.0 Å². The molecule has 0 unspecified atom stereocenters. The summed E-state index contributed by atoms with van der Waals surface area (Å²) in [7, 11) is 0. The molecule has 1 atom stereocenters. The molecule has 0 N–H and O–H groups in total. The van der Waals surface area contributed by atoms with Crippen LogP contribution in [0.15, 0.2) is 40.9 Å². The lowest BCUT2D eigenvalue weighted by Gasteiger charge is -2.27. The summed E-state index contributed by atoms with van der Waals surface area (Å²) in [4.78, 5) is 12.4. The van der Waals surface area contributed by atoms with Crippen LogP contribution in [0.5, 0.6) is 17.2 Å². The molecule has 0 aliphatic carbocycles. The summed E-state index contributed by atoms with van der Waals surface area (Å²) in [5.41, 5.74) is 1.55. The van der Waals surface area contributed by atoms with Crippen molar-refractivity contribution in [2.75, 3.05) is 13.2 Å². The monoisotopic (exact) mass is 360 g/mol. The van der Waals surface area contributed by atoms with Crippen LogP contribution in [0.25, 0.3) is 0 Å². The number of fused-ring (bicyclic) bond motifs is 2. The Morgan fingerprint density at radius 1 is 0.955 bits per heavy atom. The van der Waals surface area contributed by atoms with Crippen LogP contribution in [0.4, 0.5) is 0 Å². The van der Waals surface area contributed by atoms with Gasteiger partial charge >= 0.3 is 0 Å². The standard InChI is InChI=1S/C17H13BrO4/c18-11-2-4-14-12(8-11)13(19)9-16(22-14)10-1-3-15-17(7-10)21-6-5-20-15/h1-4,7-8,16H,5-6,9H2/t16-/m1/s1. The number of ketones is 1. The zero-order valence-corrected chi connectivity index (χ0v) is 13.3. The molecule has 0 saturated heterocycles. The third kappa shape index (κ3) is 2.35. The van der Waals surface area contributed by atoms with Gasteiger partial charge in [-0.2, -0.15) is 0 Å². The van der Waals surface area contributed by atoms with Gasteiger partial charge in [-0.15, -0.1) is 0 Å². The van der Waals surface area contributed by atoms with E-state index in [0.29, 0.717) is 36.7 Å². The minimum atomic E-state index is -0.294. The fraction of sp³-hybridized carbons (Fsp3) is 0.235. The molecule has 2 aliphatic rings. The van der Waals surface area contributed by atoms with Gasteiger partial charge in [0.05, 0.1) is 12.0 Å². The molecule has 0 fully saturated rings. The average molecular weight is 361 g/mol. The van der Waals surface area contributed by atoms with E-state index in [1.165, 1.54) is 0 Å². The number of carbonyl (C=O) groups excluding carboxylic acids is 1. The fourth-order valence-corrected chi connectivity index (χ4v) is 3.10. The van der Waals surface area contributed by atoms with E-state index in [-0.39, 0.29) is 11.9 Å². The second-order valence-corrected chi connectivity index (χ2v) is 6.19. The largest absolute Gasteiger partial charge is 0.486 e. The van der Waals surface area contributed by atoms with Crippen molar-refractivity contribution in [3.63, 3.8) is 0 Å². The van der Waals surface area contributed by atoms with Gasteiger partial charge in [-0.1, -0.05) is 22.0 Å². The van der Waals surface area contributed by atoms with Crippen LogP contribution in [0.1, 0.15) is 28.4 Å². The third-order valence-electron chi connectivity index (χ3n) is 3.82. The molecule has 2 aliphatic heterocycles. The Morgan fingerprint density at radius 3 is 2.59 bits per heavy atom. The van der Waals surface area contributed by atoms with Gasteiger partial charge in [0.1, 0.15) is 25.1 Å². The Morgan fingerprint density at radius 2 is 1.73 bits per heavy atom. The fourth-order valence-electron chi connectivity index (χ4n) is 2.74. The molecule has 5 heteroatoms. The highest BCUT2D eigenvalue weighted by Crippen LogP contribution is 2.39. The summed E-state index contributed by atoms with van der Waals surface area (Å²) < 4.78 is 18.0. The minimum Gasteiger partial charge on any atom is -0.486 e. The van der Waals surface area contributed by atoms with Crippen LogP contribution in [0, 0.1) is 0 Å². The molecular weight excluding hydrogens is 348 g/mol. The van der Waals surface area contributed by atoms with E-state index in [4.69, 9.17) is 14.2 Å². The minimum absolute atomic E-state index is 0.0856. The number of Topliss-reactive ketones (excluding diaryl/α,β-unsaturated/α-hetero) is 1. The highest BCUT2D eigenvalue weighted by Gasteiger charge is 2.28. The molecule has 0 amide bonds. The van der Waals surface area contributed by atoms with E-state index < -0.39 is 0 Å². The van der Waals surface area contributed by atoms with E-state index in [1.54, 1.807) is 6.07 Å². The second kappa shape index (κ2) is 5.32. The van der Waals surface area contributed by atoms with E-state index in [2.05, 4.69) is 15.9 Å². The summed E-state index contributed by atoms with van der Waals surface area (Å²) in [6.07, 6.45) is 0.0281. The van der Waals surface area contributed by atoms with E-state index in [0.717, 1.165) is 15.8 Å². The predicted molar refractivity (Wildman–Crippen MR) is 83.9 cm³/mol. The van der Waals surface area contributed by atoms with Gasteiger partial charge in [0, 0.05) is 4.47 Å². The number of hydrogen-bond donors (Lipinski definition) is 0. The van der Waals surface area contributed by atoms with Gasteiger partial charge in [0.2, 0.25) is 0 Å². The van der Waals surface area contributed by atoms with Gasteiger partial charge < -0.3 is 14.2 Å². The molecule has 4 rings (SSSR count). The molecule has 4 nitrogen and oxygen atoms in total. The van der Waals surface area contributed by atoms with Crippen LogP contribution in [0.2, 0.25) is 0 Å². The maximum Gasteiger partial charge on any atom is 0.170 e. The van der Waals surface area contributed by atoms with E-state index in [1.807, 2.05) is 30.3 Å². The Bertz CT molecular complexity index is 756. The lowest BCUT2D eigenvalue weighted by Crippen LogP contribution is -2.21. The summed E-state index contributed by atoms with van der Waals surface area (Å²) in [6.45, 7) is 1.10. The van der Waals surface area contributed by atoms with Crippen molar-refractivity contribution in [3.8, 4) is 17.2 Å². The van der Waals surface area contributed by atoms with Gasteiger partial charge in [-0.05, 0) is 35.9 Å². The first-order chi connectivity index (χ1) is 10.7. The van der Waals surface area contributed by atoms with E-state index in [9.17, 15) is 4.79 Å². The third-order valence-corrected chi connectivity index (χ3v) is 4.31. The van der Waals surface area contributed by atoms with Crippen LogP contribution >= 0.6 is 15.9 Å². The predicted octanol–water partition coefficient (Wildman–Crippen LogP) is 3.93. The normalized spacial score (nSPS) is 19.3. The number of hydrogen-bond acceptors (Lipinski definition) is 4. The Kier molecular flexibility index (Phi) is 3.30. The molecule has 0 aromatic heterocycles. The average Bonchev–Trinajstić information content (AvgIpc) is 2.55. The molecule has 0 spiro atoms. The molecule has 2 heterocycles. The first-order valence-electron chi connectivity index (χ1n) is 7.10. The number of rotatable bonds is 1. The van der Waals surface area contributed by atoms with Crippen LogP contribution in [0.3, 0.4) is 0 Å². The maximum absolute atomic E-state index is 12.4. The first-order valence-corrected chi connectivity index (χ1v) is 7.89. The zero-order valence-electron chi connectivity index (χ0n) is 11.7. The molecule has 112 valence electrons. The Balaban J connectivity index is 1.67. The number of ether oxygens (including phenoxy) is 3. The van der Waals surface area contributed by atoms with Gasteiger partial charge in [0.25, 0.3) is 0 Å². The highest BCUT2D eigenvalue weighted by atomic mass is 79.9. The summed E-state index contributed by atoms with van der Waals surface area (Å²) in [5, 5.41) is 0. The molecular formula is C17H13BrO4. The quantitative estimate of drug-likeness (QED) is 0.772. The van der Waals surface area contributed by atoms with Crippen LogP contribution in [-0.2, 0) is 0 Å². The molecule has 2 aromatic carbocycles. The summed E-state index contributed by atoms with van der Waals surface area (Å²) >= 11 is 3.38. The van der Waals surface area contributed by atoms with Gasteiger partial charge in [-0.25, -0.2) is 0 Å².